The van der Waals surface area contributed by atoms with Crippen molar-refractivity contribution in [3.05, 3.63) is 33.4 Å². The predicted molar refractivity (Wildman–Crippen MR) is 66.6 cm³/mol. The fraction of sp³-hybridized carbons (Fsp3) is 0.273. The monoisotopic (exact) mass is 268 g/mol. The summed E-state index contributed by atoms with van der Waals surface area (Å²) in [7, 11) is 0. The molecule has 2 heterocycles. The van der Waals surface area contributed by atoms with E-state index in [0.29, 0.717) is 11.3 Å². The van der Waals surface area contributed by atoms with E-state index in [1.807, 2.05) is 17.5 Å². The van der Waals surface area contributed by atoms with Crippen LogP contribution in [0.2, 0.25) is 0 Å². The first-order valence-electron chi connectivity index (χ1n) is 5.32. The lowest BCUT2D eigenvalue weighted by atomic mass is 10.1. The van der Waals surface area contributed by atoms with Gasteiger partial charge in [0.05, 0.1) is 10.4 Å². The average molecular weight is 268 g/mol. The molecule has 2 aromatic heterocycles. The summed E-state index contributed by atoms with van der Waals surface area (Å²) >= 11 is 1.44. The fourth-order valence-corrected chi connectivity index (χ4v) is 2.31. The van der Waals surface area contributed by atoms with Crippen molar-refractivity contribution >= 4 is 17.3 Å². The predicted octanol–water partition coefficient (Wildman–Crippen LogP) is 1.04. The third-order valence-electron chi connectivity index (χ3n) is 2.56. The number of hydrogen-bond donors (Lipinski definition) is 3. The van der Waals surface area contributed by atoms with Crippen LogP contribution in [0.5, 0.6) is 0 Å². The minimum absolute atomic E-state index is 0.191. The van der Waals surface area contributed by atoms with E-state index in [2.05, 4.69) is 5.16 Å². The second kappa shape index (κ2) is 5.19. The molecule has 6 nitrogen and oxygen atoms in total. The molecular weight excluding hydrogens is 256 g/mol. The Balaban J connectivity index is 2.20. The lowest BCUT2D eigenvalue weighted by molar-refractivity contribution is -0.138. The van der Waals surface area contributed by atoms with Crippen molar-refractivity contribution in [3.63, 3.8) is 0 Å². The van der Waals surface area contributed by atoms with E-state index in [0.717, 1.165) is 4.88 Å². The second-order valence-electron chi connectivity index (χ2n) is 3.80. The molecular formula is C11H12N2O4S. The number of carboxylic acids is 1. The highest BCUT2D eigenvalue weighted by Crippen LogP contribution is 2.26. The summed E-state index contributed by atoms with van der Waals surface area (Å²) < 4.78 is 5.12. The number of H-pyrrole nitrogens is 1. The number of nitrogens with one attached hydrogen (secondary N) is 1. The number of aromatic nitrogens is 1. The van der Waals surface area contributed by atoms with E-state index in [4.69, 9.17) is 15.4 Å². The lowest BCUT2D eigenvalue weighted by Gasteiger charge is -2.04. The molecule has 4 N–H and O–H groups in total. The first kappa shape index (κ1) is 12.6. The van der Waals surface area contributed by atoms with Gasteiger partial charge in [-0.25, -0.2) is 0 Å². The van der Waals surface area contributed by atoms with Crippen molar-refractivity contribution in [2.75, 3.05) is 0 Å². The molecule has 18 heavy (non-hydrogen) atoms. The number of carboxylic acid groups (broad SMARTS) is 1. The van der Waals surface area contributed by atoms with E-state index in [1.165, 1.54) is 11.3 Å². The average Bonchev–Trinajstić information content (AvgIpc) is 2.95. The molecule has 2 aromatic rings. The highest BCUT2D eigenvalue weighted by Gasteiger charge is 2.18. The molecule has 0 aliphatic heterocycles. The summed E-state index contributed by atoms with van der Waals surface area (Å²) in [6.07, 6.45) is 0.461. The Bertz CT molecular complexity index is 584. The summed E-state index contributed by atoms with van der Waals surface area (Å²) in [4.78, 5) is 23.0. The van der Waals surface area contributed by atoms with Gasteiger partial charge in [0.15, 0.2) is 5.76 Å². The van der Waals surface area contributed by atoms with E-state index in [-0.39, 0.29) is 18.4 Å². The molecule has 7 heteroatoms. The van der Waals surface area contributed by atoms with Crippen molar-refractivity contribution < 1.29 is 14.4 Å². The molecule has 0 aromatic carbocycles. The Labute approximate surface area is 106 Å². The number of carbonyl (C=O) groups is 1. The fourth-order valence-electron chi connectivity index (χ4n) is 1.58. The number of thiophene rings is 1. The zero-order valence-corrected chi connectivity index (χ0v) is 10.2. The molecule has 96 valence electrons. The number of rotatable bonds is 5. The van der Waals surface area contributed by atoms with Gasteiger partial charge < -0.3 is 15.4 Å². The number of hydrogen-bond acceptors (Lipinski definition) is 5. The Morgan fingerprint density at radius 3 is 3.00 bits per heavy atom. The quantitative estimate of drug-likeness (QED) is 0.750. The normalized spacial score (nSPS) is 12.5. The molecule has 0 aliphatic rings. The van der Waals surface area contributed by atoms with Crippen LogP contribution >= 0.6 is 11.3 Å². The van der Waals surface area contributed by atoms with E-state index >= 15 is 0 Å². The van der Waals surface area contributed by atoms with Gasteiger partial charge in [0, 0.05) is 0 Å². The Morgan fingerprint density at radius 2 is 2.39 bits per heavy atom. The molecule has 0 radical (unpaired) electrons. The SMILES string of the molecule is N[C@@H](CCc1c(-c2cccs2)o[nH]c1=O)C(=O)O. The highest BCUT2D eigenvalue weighted by molar-refractivity contribution is 7.13. The number of nitrogens with two attached hydrogens (primary N) is 1. The largest absolute Gasteiger partial charge is 0.480 e. The molecule has 0 amide bonds. The van der Waals surface area contributed by atoms with Crippen molar-refractivity contribution in [1.82, 2.24) is 5.16 Å². The van der Waals surface area contributed by atoms with Crippen LogP contribution in [-0.2, 0) is 11.2 Å². The third kappa shape index (κ3) is 2.52. The highest BCUT2D eigenvalue weighted by atomic mass is 32.1. The van der Waals surface area contributed by atoms with Gasteiger partial charge in [-0.3, -0.25) is 9.59 Å². The van der Waals surface area contributed by atoms with E-state index in [1.54, 1.807) is 0 Å². The van der Waals surface area contributed by atoms with Crippen molar-refractivity contribution in [3.8, 4) is 10.6 Å². The molecule has 0 saturated carbocycles. The van der Waals surface area contributed by atoms with Gasteiger partial charge in [-0.05, 0) is 24.3 Å². The van der Waals surface area contributed by atoms with Gasteiger partial charge in [-0.1, -0.05) is 6.07 Å². The molecule has 0 unspecified atom stereocenters. The summed E-state index contributed by atoms with van der Waals surface area (Å²) in [6.45, 7) is 0. The molecule has 1 atom stereocenters. The van der Waals surface area contributed by atoms with Crippen LogP contribution < -0.4 is 11.3 Å². The standard InChI is InChI=1S/C11H12N2O4S/c12-7(11(15)16)4-3-6-9(17-13-10(6)14)8-2-1-5-18-8/h1-2,5,7H,3-4,12H2,(H,13,14)(H,15,16)/t7-/m0/s1. The van der Waals surface area contributed by atoms with Crippen LogP contribution in [0.15, 0.2) is 26.8 Å². The number of aromatic amines is 1. The molecule has 0 fully saturated rings. The van der Waals surface area contributed by atoms with Gasteiger partial charge >= 0.3 is 5.97 Å². The van der Waals surface area contributed by atoms with Gasteiger partial charge in [0.25, 0.3) is 5.56 Å². The van der Waals surface area contributed by atoms with Crippen LogP contribution in [0.3, 0.4) is 0 Å². The second-order valence-corrected chi connectivity index (χ2v) is 4.75. The maximum Gasteiger partial charge on any atom is 0.320 e. The van der Waals surface area contributed by atoms with Crippen LogP contribution in [0.1, 0.15) is 12.0 Å². The maximum atomic E-state index is 11.6. The zero-order valence-electron chi connectivity index (χ0n) is 9.38. The molecule has 0 saturated heterocycles. The third-order valence-corrected chi connectivity index (χ3v) is 3.43. The van der Waals surface area contributed by atoms with Gasteiger partial charge in [0.2, 0.25) is 0 Å². The first-order valence-corrected chi connectivity index (χ1v) is 6.20. The number of aliphatic carboxylic acids is 1. The maximum absolute atomic E-state index is 11.6. The van der Waals surface area contributed by atoms with E-state index in [9.17, 15) is 9.59 Å². The smallest absolute Gasteiger partial charge is 0.320 e. The molecule has 2 rings (SSSR count). The summed E-state index contributed by atoms with van der Waals surface area (Å²) in [6, 6.07) is 2.70. The summed E-state index contributed by atoms with van der Waals surface area (Å²) in [5.74, 6) is -0.611. The van der Waals surface area contributed by atoms with Crippen molar-refractivity contribution in [2.24, 2.45) is 5.73 Å². The van der Waals surface area contributed by atoms with E-state index < -0.39 is 12.0 Å². The lowest BCUT2D eigenvalue weighted by Crippen LogP contribution is -2.30. The van der Waals surface area contributed by atoms with Crippen LogP contribution in [0.25, 0.3) is 10.6 Å². The van der Waals surface area contributed by atoms with Crippen LogP contribution in [-0.4, -0.2) is 22.3 Å². The van der Waals surface area contributed by atoms with Gasteiger partial charge in [-0.15, -0.1) is 11.3 Å². The molecule has 0 bridgehead atoms. The zero-order chi connectivity index (χ0) is 13.1. The minimum atomic E-state index is -1.08. The van der Waals surface area contributed by atoms with Crippen molar-refractivity contribution in [2.45, 2.75) is 18.9 Å². The van der Waals surface area contributed by atoms with Crippen LogP contribution in [0.4, 0.5) is 0 Å². The molecule has 0 spiro atoms. The molecule has 0 aliphatic carbocycles. The Hall–Kier alpha value is -1.86. The Kier molecular flexibility index (Phi) is 3.63. The Morgan fingerprint density at radius 1 is 1.61 bits per heavy atom. The van der Waals surface area contributed by atoms with Crippen LogP contribution in [0, 0.1) is 0 Å². The van der Waals surface area contributed by atoms with Crippen molar-refractivity contribution in [1.29, 1.82) is 0 Å². The summed E-state index contributed by atoms with van der Waals surface area (Å²) in [5.41, 5.74) is 5.51. The minimum Gasteiger partial charge on any atom is -0.480 e. The topological polar surface area (TPSA) is 109 Å². The van der Waals surface area contributed by atoms with Gasteiger partial charge in [0.1, 0.15) is 6.04 Å². The first-order chi connectivity index (χ1) is 8.59. The van der Waals surface area contributed by atoms with Gasteiger partial charge in [-0.2, -0.15) is 5.16 Å². The summed E-state index contributed by atoms with van der Waals surface area (Å²) in [5, 5.41) is 12.8.